The molecule has 2 nitrogen and oxygen atoms in total. The van der Waals surface area contributed by atoms with Crippen LogP contribution in [0.5, 0.6) is 11.5 Å². The van der Waals surface area contributed by atoms with Gasteiger partial charge in [-0.25, -0.2) is 0 Å². The highest BCUT2D eigenvalue weighted by Crippen LogP contribution is 2.34. The number of phenols is 2. The summed E-state index contributed by atoms with van der Waals surface area (Å²) in [6, 6.07) is 9.55. The standard InChI is InChI=1S/C20H24O2/c1-13-10-15(8-9-18(13)21)6-7-16-11-14(2)19(22)17(12-16)20(3,4)5/h6-12,21-22H,1-5H3. The van der Waals surface area contributed by atoms with Crippen molar-refractivity contribution in [1.82, 2.24) is 0 Å². The van der Waals surface area contributed by atoms with Crippen molar-refractivity contribution in [3.8, 4) is 11.5 Å². The Morgan fingerprint density at radius 1 is 0.818 bits per heavy atom. The topological polar surface area (TPSA) is 40.5 Å². The third-order valence-electron chi connectivity index (χ3n) is 3.82. The van der Waals surface area contributed by atoms with Crippen molar-refractivity contribution < 1.29 is 10.2 Å². The molecule has 0 spiro atoms. The molecule has 0 unspecified atom stereocenters. The van der Waals surface area contributed by atoms with E-state index in [-0.39, 0.29) is 5.41 Å². The fourth-order valence-electron chi connectivity index (χ4n) is 2.45. The Morgan fingerprint density at radius 3 is 2.00 bits per heavy atom. The molecule has 116 valence electrons. The van der Waals surface area contributed by atoms with Crippen molar-refractivity contribution in [3.63, 3.8) is 0 Å². The molecule has 0 amide bonds. The summed E-state index contributed by atoms with van der Waals surface area (Å²) in [4.78, 5) is 0. The maximum absolute atomic E-state index is 10.3. The minimum atomic E-state index is -0.103. The van der Waals surface area contributed by atoms with Crippen LogP contribution in [0.15, 0.2) is 30.3 Å². The Morgan fingerprint density at radius 2 is 1.41 bits per heavy atom. The summed E-state index contributed by atoms with van der Waals surface area (Å²) in [5.74, 6) is 0.692. The molecule has 0 radical (unpaired) electrons. The Bertz CT molecular complexity index is 719. The van der Waals surface area contributed by atoms with E-state index in [0.29, 0.717) is 11.5 Å². The molecule has 0 bridgehead atoms. The number of phenolic OH excluding ortho intramolecular Hbond substituents is 2. The predicted molar refractivity (Wildman–Crippen MR) is 93.3 cm³/mol. The van der Waals surface area contributed by atoms with E-state index < -0.39 is 0 Å². The van der Waals surface area contributed by atoms with Crippen molar-refractivity contribution in [3.05, 3.63) is 58.1 Å². The minimum absolute atomic E-state index is 0.103. The number of rotatable bonds is 2. The van der Waals surface area contributed by atoms with E-state index in [4.69, 9.17) is 0 Å². The molecule has 2 aromatic carbocycles. The minimum Gasteiger partial charge on any atom is -0.508 e. The van der Waals surface area contributed by atoms with Crippen molar-refractivity contribution in [2.45, 2.75) is 40.0 Å². The van der Waals surface area contributed by atoms with Crippen molar-refractivity contribution >= 4 is 12.2 Å². The number of aryl methyl sites for hydroxylation is 2. The van der Waals surface area contributed by atoms with E-state index in [1.807, 2.05) is 50.3 Å². The van der Waals surface area contributed by atoms with Gasteiger partial charge in [-0.2, -0.15) is 0 Å². The molecule has 0 aliphatic heterocycles. The molecule has 2 heteroatoms. The first kappa shape index (κ1) is 16.2. The number of hydrogen-bond acceptors (Lipinski definition) is 2. The number of aromatic hydroxyl groups is 2. The molecule has 2 N–H and O–H groups in total. The lowest BCUT2D eigenvalue weighted by Gasteiger charge is -2.22. The van der Waals surface area contributed by atoms with Gasteiger partial charge in [0.15, 0.2) is 0 Å². The zero-order valence-electron chi connectivity index (χ0n) is 13.9. The van der Waals surface area contributed by atoms with E-state index in [0.717, 1.165) is 27.8 Å². The van der Waals surface area contributed by atoms with Gasteiger partial charge in [0.1, 0.15) is 11.5 Å². The highest BCUT2D eigenvalue weighted by atomic mass is 16.3. The summed E-state index contributed by atoms with van der Waals surface area (Å²) in [6.45, 7) is 10.1. The van der Waals surface area contributed by atoms with Crippen LogP contribution in [-0.4, -0.2) is 10.2 Å². The summed E-state index contributed by atoms with van der Waals surface area (Å²) in [6.07, 6.45) is 4.05. The summed E-state index contributed by atoms with van der Waals surface area (Å²) in [5, 5.41) is 19.8. The van der Waals surface area contributed by atoms with Gasteiger partial charge in [0.05, 0.1) is 0 Å². The van der Waals surface area contributed by atoms with Crippen molar-refractivity contribution in [1.29, 1.82) is 0 Å². The Hall–Kier alpha value is -2.22. The quantitative estimate of drug-likeness (QED) is 0.749. The first-order valence-electron chi connectivity index (χ1n) is 7.50. The lowest BCUT2D eigenvalue weighted by Crippen LogP contribution is -2.12. The van der Waals surface area contributed by atoms with Gasteiger partial charge in [-0.05, 0) is 65.8 Å². The summed E-state index contributed by atoms with van der Waals surface area (Å²) in [5.41, 5.74) is 4.69. The summed E-state index contributed by atoms with van der Waals surface area (Å²) >= 11 is 0. The van der Waals surface area contributed by atoms with Crippen LogP contribution in [0.1, 0.15) is 48.6 Å². The van der Waals surface area contributed by atoms with E-state index in [2.05, 4.69) is 20.8 Å². The normalized spacial score (nSPS) is 12.0. The molecule has 0 aromatic heterocycles. The van der Waals surface area contributed by atoms with Gasteiger partial charge in [-0.1, -0.05) is 39.0 Å². The second-order valence-electron chi connectivity index (χ2n) is 6.86. The Balaban J connectivity index is 2.39. The van der Waals surface area contributed by atoms with Gasteiger partial charge in [0.2, 0.25) is 0 Å². The molecular formula is C20H24O2. The molecule has 0 aliphatic carbocycles. The molecule has 0 atom stereocenters. The summed E-state index contributed by atoms with van der Waals surface area (Å²) in [7, 11) is 0. The largest absolute Gasteiger partial charge is 0.508 e. The molecular weight excluding hydrogens is 272 g/mol. The van der Waals surface area contributed by atoms with Gasteiger partial charge in [0, 0.05) is 5.56 Å². The first-order chi connectivity index (χ1) is 10.2. The zero-order valence-corrected chi connectivity index (χ0v) is 13.9. The van der Waals surface area contributed by atoms with Crippen LogP contribution < -0.4 is 0 Å². The van der Waals surface area contributed by atoms with Crippen LogP contribution in [0.3, 0.4) is 0 Å². The van der Waals surface area contributed by atoms with E-state index in [1.165, 1.54) is 0 Å². The van der Waals surface area contributed by atoms with Crippen molar-refractivity contribution in [2.75, 3.05) is 0 Å². The smallest absolute Gasteiger partial charge is 0.122 e. The maximum atomic E-state index is 10.3. The second-order valence-corrected chi connectivity index (χ2v) is 6.86. The predicted octanol–water partition coefficient (Wildman–Crippen LogP) is 5.18. The lowest BCUT2D eigenvalue weighted by molar-refractivity contribution is 0.443. The molecule has 0 saturated carbocycles. The first-order valence-corrected chi connectivity index (χ1v) is 7.50. The molecule has 0 heterocycles. The average molecular weight is 296 g/mol. The average Bonchev–Trinajstić information content (AvgIpc) is 2.42. The van der Waals surface area contributed by atoms with Crippen LogP contribution in [-0.2, 0) is 5.41 Å². The van der Waals surface area contributed by atoms with Crippen LogP contribution in [0.4, 0.5) is 0 Å². The molecule has 0 saturated heterocycles. The highest BCUT2D eigenvalue weighted by molar-refractivity contribution is 5.72. The molecule has 2 aromatic rings. The second kappa shape index (κ2) is 5.88. The van der Waals surface area contributed by atoms with Crippen molar-refractivity contribution in [2.24, 2.45) is 0 Å². The van der Waals surface area contributed by atoms with Crippen LogP contribution in [0.25, 0.3) is 12.2 Å². The van der Waals surface area contributed by atoms with E-state index >= 15 is 0 Å². The number of hydrogen-bond donors (Lipinski definition) is 2. The van der Waals surface area contributed by atoms with Crippen LogP contribution in [0.2, 0.25) is 0 Å². The van der Waals surface area contributed by atoms with Gasteiger partial charge in [-0.15, -0.1) is 0 Å². The van der Waals surface area contributed by atoms with E-state index in [1.54, 1.807) is 6.07 Å². The molecule has 0 aliphatic rings. The highest BCUT2D eigenvalue weighted by Gasteiger charge is 2.19. The fraction of sp³-hybridized carbons (Fsp3) is 0.300. The number of benzene rings is 2. The third kappa shape index (κ3) is 3.51. The lowest BCUT2D eigenvalue weighted by atomic mass is 9.84. The zero-order chi connectivity index (χ0) is 16.5. The third-order valence-corrected chi connectivity index (χ3v) is 3.82. The fourth-order valence-corrected chi connectivity index (χ4v) is 2.45. The van der Waals surface area contributed by atoms with Crippen LogP contribution >= 0.6 is 0 Å². The molecule has 0 fully saturated rings. The summed E-state index contributed by atoms with van der Waals surface area (Å²) < 4.78 is 0. The van der Waals surface area contributed by atoms with Gasteiger partial charge in [0.25, 0.3) is 0 Å². The Labute approximate surface area is 132 Å². The Kier molecular flexibility index (Phi) is 4.32. The SMILES string of the molecule is Cc1cc(C=Cc2cc(C)c(O)c(C(C)(C)C)c2)ccc1O. The maximum Gasteiger partial charge on any atom is 0.122 e. The van der Waals surface area contributed by atoms with Crippen LogP contribution in [0, 0.1) is 13.8 Å². The van der Waals surface area contributed by atoms with Gasteiger partial charge < -0.3 is 10.2 Å². The molecule has 22 heavy (non-hydrogen) atoms. The van der Waals surface area contributed by atoms with E-state index in [9.17, 15) is 10.2 Å². The monoisotopic (exact) mass is 296 g/mol. The van der Waals surface area contributed by atoms with Gasteiger partial charge in [-0.3, -0.25) is 0 Å². The van der Waals surface area contributed by atoms with Gasteiger partial charge >= 0.3 is 0 Å². The molecule has 2 rings (SSSR count).